The van der Waals surface area contributed by atoms with Gasteiger partial charge in [0.1, 0.15) is 11.4 Å². The number of carbonyl (C=O) groups is 2. The predicted molar refractivity (Wildman–Crippen MR) is 85.2 cm³/mol. The molecule has 5 nitrogen and oxygen atoms in total. The number of hydrogen-bond acceptors (Lipinski definition) is 3. The van der Waals surface area contributed by atoms with E-state index in [9.17, 15) is 14.0 Å². The van der Waals surface area contributed by atoms with Gasteiger partial charge in [-0.25, -0.2) is 9.18 Å². The van der Waals surface area contributed by atoms with Crippen LogP contribution in [0.4, 0.5) is 9.18 Å². The van der Waals surface area contributed by atoms with Gasteiger partial charge in [-0.05, 0) is 24.1 Å². The minimum Gasteiger partial charge on any atom is -0.392 e. The molecule has 0 aromatic heterocycles. The molecule has 24 heavy (non-hydrogen) atoms. The number of imide groups is 1. The van der Waals surface area contributed by atoms with E-state index in [4.69, 9.17) is 5.11 Å². The van der Waals surface area contributed by atoms with Gasteiger partial charge in [-0.15, -0.1) is 0 Å². The van der Waals surface area contributed by atoms with Crippen LogP contribution in [-0.4, -0.2) is 21.9 Å². The van der Waals surface area contributed by atoms with Crippen molar-refractivity contribution in [3.63, 3.8) is 0 Å². The number of halogens is 1. The summed E-state index contributed by atoms with van der Waals surface area (Å²) in [7, 11) is 0. The normalized spacial score (nSPS) is 20.4. The van der Waals surface area contributed by atoms with Crippen molar-refractivity contribution < 1.29 is 19.1 Å². The second kappa shape index (κ2) is 6.05. The van der Waals surface area contributed by atoms with Crippen molar-refractivity contribution >= 4 is 11.9 Å². The van der Waals surface area contributed by atoms with E-state index in [2.05, 4.69) is 5.32 Å². The molecule has 2 aromatic carbocycles. The molecule has 0 spiro atoms. The third-order valence-electron chi connectivity index (χ3n) is 4.23. The van der Waals surface area contributed by atoms with Crippen LogP contribution >= 0.6 is 0 Å². The number of urea groups is 1. The van der Waals surface area contributed by atoms with Crippen LogP contribution in [0.1, 0.15) is 23.6 Å². The molecule has 3 rings (SSSR count). The summed E-state index contributed by atoms with van der Waals surface area (Å²) in [4.78, 5) is 26.1. The molecule has 1 aliphatic heterocycles. The molecule has 0 aliphatic carbocycles. The average Bonchev–Trinajstić information content (AvgIpc) is 2.80. The maximum Gasteiger partial charge on any atom is 0.325 e. The molecule has 124 valence electrons. The summed E-state index contributed by atoms with van der Waals surface area (Å²) in [5.74, 6) is -1.04. The number of aliphatic hydroxyl groups is 1. The molecule has 1 atom stereocenters. The summed E-state index contributed by atoms with van der Waals surface area (Å²) in [6, 6.07) is 12.3. The Morgan fingerprint density at radius 2 is 1.71 bits per heavy atom. The van der Waals surface area contributed by atoms with Crippen LogP contribution in [0.3, 0.4) is 0 Å². The Balaban J connectivity index is 1.87. The van der Waals surface area contributed by atoms with Crippen LogP contribution in [0, 0.1) is 5.82 Å². The molecule has 1 unspecified atom stereocenters. The number of aliphatic hydroxyl groups excluding tert-OH is 1. The number of amides is 3. The molecule has 1 heterocycles. The van der Waals surface area contributed by atoms with Crippen molar-refractivity contribution in [1.29, 1.82) is 0 Å². The number of nitrogens with zero attached hydrogens (tertiary/aromatic N) is 1. The van der Waals surface area contributed by atoms with E-state index in [-0.39, 0.29) is 18.7 Å². The fraction of sp³-hybridized carbons (Fsp3) is 0.222. The highest BCUT2D eigenvalue weighted by Crippen LogP contribution is 2.31. The Morgan fingerprint density at radius 1 is 1.08 bits per heavy atom. The Bertz CT molecular complexity index is 791. The van der Waals surface area contributed by atoms with Gasteiger partial charge in [0, 0.05) is 5.56 Å². The summed E-state index contributed by atoms with van der Waals surface area (Å²) in [5.41, 5.74) is 0.204. The maximum absolute atomic E-state index is 14.1. The Labute approximate surface area is 138 Å². The zero-order valence-corrected chi connectivity index (χ0v) is 13.1. The topological polar surface area (TPSA) is 69.6 Å². The van der Waals surface area contributed by atoms with Crippen LogP contribution in [-0.2, 0) is 23.5 Å². The van der Waals surface area contributed by atoms with Crippen LogP contribution in [0.15, 0.2) is 48.5 Å². The average molecular weight is 328 g/mol. The highest BCUT2D eigenvalue weighted by molar-refractivity contribution is 6.07. The lowest BCUT2D eigenvalue weighted by Crippen LogP contribution is -2.41. The lowest BCUT2D eigenvalue weighted by molar-refractivity contribution is -0.131. The lowest BCUT2D eigenvalue weighted by Gasteiger charge is -2.22. The van der Waals surface area contributed by atoms with E-state index in [1.165, 1.54) is 25.1 Å². The maximum atomic E-state index is 14.1. The second-order valence-electron chi connectivity index (χ2n) is 5.90. The number of rotatable bonds is 4. The highest BCUT2D eigenvalue weighted by Gasteiger charge is 2.50. The van der Waals surface area contributed by atoms with Gasteiger partial charge in [0.05, 0.1) is 13.2 Å². The van der Waals surface area contributed by atoms with E-state index in [0.717, 1.165) is 16.0 Å². The van der Waals surface area contributed by atoms with Gasteiger partial charge in [0.2, 0.25) is 0 Å². The van der Waals surface area contributed by atoms with Crippen LogP contribution in [0.5, 0.6) is 0 Å². The molecule has 0 bridgehead atoms. The molecule has 2 N–H and O–H groups in total. The minimum atomic E-state index is -1.42. The largest absolute Gasteiger partial charge is 0.392 e. The molecule has 1 saturated heterocycles. The van der Waals surface area contributed by atoms with Gasteiger partial charge in [0.25, 0.3) is 5.91 Å². The monoisotopic (exact) mass is 328 g/mol. The Kier molecular flexibility index (Phi) is 4.07. The van der Waals surface area contributed by atoms with Crippen molar-refractivity contribution in [2.24, 2.45) is 0 Å². The Hall–Kier alpha value is -2.73. The highest BCUT2D eigenvalue weighted by atomic mass is 19.1. The standard InChI is InChI=1S/C18H17FN2O3/c1-18(14-4-2-3-5-15(14)19)16(23)21(17(24)20-18)10-12-6-8-13(11-22)9-7-12/h2-9,22H,10-11H2,1H3,(H,20,24). The van der Waals surface area contributed by atoms with E-state index >= 15 is 0 Å². The smallest absolute Gasteiger partial charge is 0.325 e. The lowest BCUT2D eigenvalue weighted by atomic mass is 9.91. The number of benzene rings is 2. The van der Waals surface area contributed by atoms with E-state index in [1.807, 2.05) is 0 Å². The molecule has 0 radical (unpaired) electrons. The van der Waals surface area contributed by atoms with Gasteiger partial charge < -0.3 is 10.4 Å². The van der Waals surface area contributed by atoms with Crippen molar-refractivity contribution in [3.8, 4) is 0 Å². The summed E-state index contributed by atoms with van der Waals surface area (Å²) in [6.45, 7) is 1.51. The number of carbonyl (C=O) groups excluding carboxylic acids is 2. The summed E-state index contributed by atoms with van der Waals surface area (Å²) in [5, 5.41) is 11.6. The SMILES string of the molecule is CC1(c2ccccc2F)NC(=O)N(Cc2ccc(CO)cc2)C1=O. The fourth-order valence-corrected chi connectivity index (χ4v) is 2.82. The zero-order chi connectivity index (χ0) is 17.3. The summed E-state index contributed by atoms with van der Waals surface area (Å²) >= 11 is 0. The van der Waals surface area contributed by atoms with Gasteiger partial charge in [0.15, 0.2) is 0 Å². The molecule has 2 aromatic rings. The van der Waals surface area contributed by atoms with Gasteiger partial charge >= 0.3 is 6.03 Å². The molecule has 0 saturated carbocycles. The minimum absolute atomic E-state index is 0.0746. The third kappa shape index (κ3) is 2.65. The van der Waals surface area contributed by atoms with Crippen molar-refractivity contribution in [2.75, 3.05) is 0 Å². The number of hydrogen-bond donors (Lipinski definition) is 2. The third-order valence-corrected chi connectivity index (χ3v) is 4.23. The molecular formula is C18H17FN2O3. The van der Waals surface area contributed by atoms with Crippen LogP contribution in [0.2, 0.25) is 0 Å². The summed E-state index contributed by atoms with van der Waals surface area (Å²) < 4.78 is 14.1. The van der Waals surface area contributed by atoms with Gasteiger partial charge in [-0.2, -0.15) is 0 Å². The predicted octanol–water partition coefficient (Wildman–Crippen LogP) is 2.29. The first kappa shape index (κ1) is 16.1. The number of nitrogens with one attached hydrogen (secondary N) is 1. The van der Waals surface area contributed by atoms with E-state index in [1.54, 1.807) is 30.3 Å². The summed E-state index contributed by atoms with van der Waals surface area (Å²) in [6.07, 6.45) is 0. The van der Waals surface area contributed by atoms with E-state index < -0.39 is 23.3 Å². The van der Waals surface area contributed by atoms with Crippen molar-refractivity contribution in [3.05, 3.63) is 71.0 Å². The van der Waals surface area contributed by atoms with Crippen molar-refractivity contribution in [2.45, 2.75) is 25.6 Å². The first-order valence-electron chi connectivity index (χ1n) is 7.53. The van der Waals surface area contributed by atoms with Crippen molar-refractivity contribution in [1.82, 2.24) is 10.2 Å². The Morgan fingerprint density at radius 3 is 2.33 bits per heavy atom. The van der Waals surface area contributed by atoms with Gasteiger partial charge in [-0.3, -0.25) is 9.69 Å². The molecular weight excluding hydrogens is 311 g/mol. The molecule has 6 heteroatoms. The molecule has 3 amide bonds. The first-order chi connectivity index (χ1) is 11.5. The van der Waals surface area contributed by atoms with Gasteiger partial charge in [-0.1, -0.05) is 42.5 Å². The molecule has 1 aliphatic rings. The first-order valence-corrected chi connectivity index (χ1v) is 7.53. The zero-order valence-electron chi connectivity index (χ0n) is 13.1. The second-order valence-corrected chi connectivity index (χ2v) is 5.90. The van der Waals surface area contributed by atoms with E-state index in [0.29, 0.717) is 0 Å². The quantitative estimate of drug-likeness (QED) is 0.846. The fourth-order valence-electron chi connectivity index (χ4n) is 2.82. The van der Waals surface area contributed by atoms with Crippen LogP contribution in [0.25, 0.3) is 0 Å². The van der Waals surface area contributed by atoms with Crippen LogP contribution < -0.4 is 5.32 Å². The molecule has 1 fully saturated rings.